The van der Waals surface area contributed by atoms with Gasteiger partial charge < -0.3 is 25.4 Å². The summed E-state index contributed by atoms with van der Waals surface area (Å²) in [7, 11) is 0. The molecule has 0 aliphatic carbocycles. The molecule has 3 aliphatic rings. The Bertz CT molecular complexity index is 925. The number of benzene rings is 1. The number of hydrogen-bond donors (Lipinski definition) is 3. The van der Waals surface area contributed by atoms with Crippen molar-refractivity contribution in [3.05, 3.63) is 30.3 Å². The summed E-state index contributed by atoms with van der Waals surface area (Å²) in [5.74, 6) is -2.18. The summed E-state index contributed by atoms with van der Waals surface area (Å²) in [4.78, 5) is 42.6. The van der Waals surface area contributed by atoms with Gasteiger partial charge in [-0.05, 0) is 37.3 Å². The maximum atomic E-state index is 14.0. The van der Waals surface area contributed by atoms with Crippen molar-refractivity contribution in [3.8, 4) is 0 Å². The van der Waals surface area contributed by atoms with E-state index >= 15 is 0 Å². The Morgan fingerprint density at radius 3 is 2.60 bits per heavy atom. The summed E-state index contributed by atoms with van der Waals surface area (Å²) in [6.45, 7) is 6.37. The lowest BCUT2D eigenvalue weighted by molar-refractivity contribution is -0.146. The molecule has 192 valence electrons. The smallest absolute Gasteiger partial charge is 0.245 e. The minimum atomic E-state index is -1.05. The van der Waals surface area contributed by atoms with Crippen molar-refractivity contribution in [1.82, 2.24) is 10.2 Å². The van der Waals surface area contributed by atoms with Crippen LogP contribution in [0.25, 0.3) is 0 Å². The Labute approximate surface area is 207 Å². The summed E-state index contributed by atoms with van der Waals surface area (Å²) >= 11 is 0. The number of unbranched alkanes of at least 4 members (excludes halogenated alkanes) is 2. The van der Waals surface area contributed by atoms with Crippen LogP contribution in [0.3, 0.4) is 0 Å². The number of aliphatic hydroxyl groups is 1. The SMILES string of the molecule is CCCCCNC(=O)C1N([C@@H](CO)[C@@H](C)CC)C(=O)[C@@H]2[C@@H](C(=O)Nc3ccccc3)[C@H]3CCC12O3. The molecule has 4 rings (SSSR count). The molecule has 1 aromatic carbocycles. The van der Waals surface area contributed by atoms with Crippen LogP contribution in [0.15, 0.2) is 30.3 Å². The number of ether oxygens (including phenoxy) is 1. The number of hydrogen-bond acceptors (Lipinski definition) is 5. The highest BCUT2D eigenvalue weighted by atomic mass is 16.5. The normalized spacial score (nSPS) is 30.7. The Morgan fingerprint density at radius 2 is 1.94 bits per heavy atom. The molecule has 3 fully saturated rings. The van der Waals surface area contributed by atoms with Crippen LogP contribution in [0.1, 0.15) is 59.3 Å². The van der Waals surface area contributed by atoms with Crippen molar-refractivity contribution < 1.29 is 24.2 Å². The molecular formula is C27H39N3O5. The van der Waals surface area contributed by atoms with E-state index in [0.29, 0.717) is 25.1 Å². The van der Waals surface area contributed by atoms with E-state index in [2.05, 4.69) is 17.6 Å². The maximum absolute atomic E-state index is 14.0. The topological polar surface area (TPSA) is 108 Å². The Morgan fingerprint density at radius 1 is 1.20 bits per heavy atom. The van der Waals surface area contributed by atoms with Gasteiger partial charge in [-0.1, -0.05) is 58.2 Å². The molecule has 35 heavy (non-hydrogen) atoms. The number of para-hydroxylation sites is 1. The first-order chi connectivity index (χ1) is 16.9. The summed E-state index contributed by atoms with van der Waals surface area (Å²) in [5.41, 5.74) is -0.384. The standard InChI is InChI=1S/C27H39N3O5/c1-4-6-10-15-28-25(33)23-27-14-13-20(35-27)21(24(32)29-18-11-8-7-9-12-18)22(27)26(34)30(23)19(16-31)17(3)5-2/h7-9,11-12,17,19-23,31H,4-6,10,13-16H2,1-3H3,(H,28,33)(H,29,32)/t17-,19-,20+,21-,22-,23?,27?/m0/s1. The molecule has 0 saturated carbocycles. The predicted octanol–water partition coefficient (Wildman–Crippen LogP) is 2.71. The number of amides is 3. The maximum Gasteiger partial charge on any atom is 0.245 e. The monoisotopic (exact) mass is 485 g/mol. The second-order valence-corrected chi connectivity index (χ2v) is 10.3. The number of carbonyl (C=O) groups is 3. The van der Waals surface area contributed by atoms with Gasteiger partial charge in [0.15, 0.2) is 0 Å². The van der Waals surface area contributed by atoms with Gasteiger partial charge in [0.25, 0.3) is 0 Å². The molecule has 1 spiro atoms. The zero-order valence-electron chi connectivity index (χ0n) is 21.0. The molecule has 8 nitrogen and oxygen atoms in total. The van der Waals surface area contributed by atoms with Crippen molar-refractivity contribution >= 4 is 23.4 Å². The summed E-state index contributed by atoms with van der Waals surface area (Å²) < 4.78 is 6.46. The van der Waals surface area contributed by atoms with Crippen LogP contribution >= 0.6 is 0 Å². The van der Waals surface area contributed by atoms with E-state index in [1.54, 1.807) is 4.90 Å². The fourth-order valence-electron chi connectivity index (χ4n) is 6.29. The molecule has 0 aromatic heterocycles. The average molecular weight is 486 g/mol. The second-order valence-electron chi connectivity index (χ2n) is 10.3. The van der Waals surface area contributed by atoms with Gasteiger partial charge in [-0.25, -0.2) is 0 Å². The van der Waals surface area contributed by atoms with Crippen molar-refractivity contribution in [1.29, 1.82) is 0 Å². The van der Waals surface area contributed by atoms with Crippen LogP contribution in [0, 0.1) is 17.8 Å². The molecule has 2 unspecified atom stereocenters. The van der Waals surface area contributed by atoms with Gasteiger partial charge in [0.2, 0.25) is 17.7 Å². The van der Waals surface area contributed by atoms with E-state index < -0.39 is 35.6 Å². The molecule has 3 heterocycles. The fourth-order valence-corrected chi connectivity index (χ4v) is 6.29. The van der Waals surface area contributed by atoms with E-state index in [9.17, 15) is 19.5 Å². The molecule has 3 N–H and O–H groups in total. The second kappa shape index (κ2) is 10.7. The third kappa shape index (κ3) is 4.47. The van der Waals surface area contributed by atoms with Gasteiger partial charge in [0.05, 0.1) is 30.6 Å². The largest absolute Gasteiger partial charge is 0.394 e. The van der Waals surface area contributed by atoms with E-state index in [0.717, 1.165) is 25.7 Å². The third-order valence-corrected chi connectivity index (χ3v) is 8.26. The number of carbonyl (C=O) groups excluding carboxylic acids is 3. The lowest BCUT2D eigenvalue weighted by Crippen LogP contribution is -2.59. The van der Waals surface area contributed by atoms with Crippen LogP contribution in [0.2, 0.25) is 0 Å². The van der Waals surface area contributed by atoms with E-state index in [1.807, 2.05) is 44.2 Å². The molecule has 3 aliphatic heterocycles. The molecule has 3 amide bonds. The number of rotatable bonds is 11. The van der Waals surface area contributed by atoms with Crippen LogP contribution in [0.5, 0.6) is 0 Å². The molecule has 7 atom stereocenters. The molecule has 8 heteroatoms. The number of nitrogens with one attached hydrogen (secondary N) is 2. The Balaban J connectivity index is 1.66. The molecule has 0 radical (unpaired) electrons. The van der Waals surface area contributed by atoms with Crippen LogP contribution in [-0.4, -0.2) is 64.7 Å². The predicted molar refractivity (Wildman–Crippen MR) is 132 cm³/mol. The highest BCUT2D eigenvalue weighted by molar-refractivity contribution is 6.02. The van der Waals surface area contributed by atoms with E-state index in [4.69, 9.17) is 4.74 Å². The molecule has 2 bridgehead atoms. The first kappa shape index (κ1) is 25.6. The van der Waals surface area contributed by atoms with E-state index in [-0.39, 0.29) is 30.2 Å². The summed E-state index contributed by atoms with van der Waals surface area (Å²) in [5, 5.41) is 16.3. The van der Waals surface area contributed by atoms with Gasteiger partial charge in [0, 0.05) is 12.2 Å². The minimum absolute atomic E-state index is 0.0108. The fraction of sp³-hybridized carbons (Fsp3) is 0.667. The van der Waals surface area contributed by atoms with Crippen molar-refractivity contribution in [3.63, 3.8) is 0 Å². The number of fused-ring (bicyclic) bond motifs is 1. The lowest BCUT2D eigenvalue weighted by Gasteiger charge is -2.38. The zero-order chi connectivity index (χ0) is 25.2. The molecule has 1 aromatic rings. The highest BCUT2D eigenvalue weighted by Crippen LogP contribution is 2.59. The average Bonchev–Trinajstić information content (AvgIpc) is 3.50. The highest BCUT2D eigenvalue weighted by Gasteiger charge is 2.75. The van der Waals surface area contributed by atoms with Crippen molar-refractivity contribution in [2.45, 2.75) is 83.1 Å². The van der Waals surface area contributed by atoms with Gasteiger partial charge in [-0.2, -0.15) is 0 Å². The van der Waals surface area contributed by atoms with Gasteiger partial charge in [0.1, 0.15) is 11.6 Å². The number of nitrogens with zero attached hydrogens (tertiary/aromatic N) is 1. The molecular weight excluding hydrogens is 446 g/mol. The first-order valence-corrected chi connectivity index (χ1v) is 13.1. The van der Waals surface area contributed by atoms with Crippen molar-refractivity contribution in [2.75, 3.05) is 18.5 Å². The zero-order valence-corrected chi connectivity index (χ0v) is 21.0. The van der Waals surface area contributed by atoms with Gasteiger partial charge >= 0.3 is 0 Å². The lowest BCUT2D eigenvalue weighted by atomic mass is 9.70. The summed E-state index contributed by atoms with van der Waals surface area (Å²) in [6, 6.07) is 7.80. The quantitative estimate of drug-likeness (QED) is 0.418. The van der Waals surface area contributed by atoms with Crippen LogP contribution < -0.4 is 10.6 Å². The molecule has 3 saturated heterocycles. The minimum Gasteiger partial charge on any atom is -0.394 e. The van der Waals surface area contributed by atoms with Gasteiger partial charge in [-0.15, -0.1) is 0 Å². The Hall–Kier alpha value is -2.45. The first-order valence-electron chi connectivity index (χ1n) is 13.1. The van der Waals surface area contributed by atoms with Crippen LogP contribution in [0.4, 0.5) is 5.69 Å². The van der Waals surface area contributed by atoms with Crippen LogP contribution in [-0.2, 0) is 19.1 Å². The third-order valence-electron chi connectivity index (χ3n) is 8.26. The van der Waals surface area contributed by atoms with Crippen molar-refractivity contribution in [2.24, 2.45) is 17.8 Å². The summed E-state index contributed by atoms with van der Waals surface area (Å²) in [6.07, 6.45) is 4.43. The Kier molecular flexibility index (Phi) is 7.81. The number of likely N-dealkylation sites (tertiary alicyclic amines) is 1. The number of anilines is 1. The van der Waals surface area contributed by atoms with E-state index in [1.165, 1.54) is 0 Å². The number of aliphatic hydroxyl groups excluding tert-OH is 1. The van der Waals surface area contributed by atoms with Gasteiger partial charge in [-0.3, -0.25) is 14.4 Å².